The minimum Gasteiger partial charge on any atom is -0.380 e. The van der Waals surface area contributed by atoms with Crippen LogP contribution in [0.2, 0.25) is 0 Å². The lowest BCUT2D eigenvalue weighted by molar-refractivity contribution is 0.0970. The van der Waals surface area contributed by atoms with E-state index < -0.39 is 0 Å². The molecular formula is C15H22BrNO2. The number of ketones is 1. The van der Waals surface area contributed by atoms with Gasteiger partial charge in [-0.15, -0.1) is 0 Å². The Kier molecular flexibility index (Phi) is 7.94. The SMILES string of the molecule is CCOCCN(C)CCCC(=O)c1ccc(Br)cc1. The quantitative estimate of drug-likeness (QED) is 0.514. The molecule has 0 radical (unpaired) electrons. The second-order valence-electron chi connectivity index (χ2n) is 4.53. The van der Waals surface area contributed by atoms with Crippen LogP contribution in [0.15, 0.2) is 28.7 Å². The zero-order valence-electron chi connectivity index (χ0n) is 11.7. The Morgan fingerprint density at radius 3 is 2.58 bits per heavy atom. The highest BCUT2D eigenvalue weighted by atomic mass is 79.9. The zero-order valence-corrected chi connectivity index (χ0v) is 13.3. The number of carbonyl (C=O) groups excluding carboxylic acids is 1. The van der Waals surface area contributed by atoms with E-state index in [1.165, 1.54) is 0 Å². The summed E-state index contributed by atoms with van der Waals surface area (Å²) in [6.07, 6.45) is 1.48. The molecule has 0 N–H and O–H groups in total. The van der Waals surface area contributed by atoms with Crippen LogP contribution in [-0.2, 0) is 4.74 Å². The molecule has 0 heterocycles. The van der Waals surface area contributed by atoms with Crippen molar-refractivity contribution in [3.63, 3.8) is 0 Å². The van der Waals surface area contributed by atoms with Crippen molar-refractivity contribution in [3.05, 3.63) is 34.3 Å². The highest BCUT2D eigenvalue weighted by Gasteiger charge is 2.06. The molecule has 0 bridgehead atoms. The number of hydrogen-bond acceptors (Lipinski definition) is 3. The van der Waals surface area contributed by atoms with Crippen LogP contribution in [0.5, 0.6) is 0 Å². The molecule has 106 valence electrons. The number of hydrogen-bond donors (Lipinski definition) is 0. The number of Topliss-reactive ketones (excluding diaryl/α,β-unsaturated/α-hetero) is 1. The van der Waals surface area contributed by atoms with E-state index in [2.05, 4.69) is 27.9 Å². The highest BCUT2D eigenvalue weighted by molar-refractivity contribution is 9.10. The van der Waals surface area contributed by atoms with E-state index in [9.17, 15) is 4.79 Å². The fourth-order valence-electron chi connectivity index (χ4n) is 1.77. The maximum absolute atomic E-state index is 11.9. The first-order chi connectivity index (χ1) is 9.13. The van der Waals surface area contributed by atoms with Crippen molar-refractivity contribution < 1.29 is 9.53 Å². The molecule has 1 aromatic carbocycles. The summed E-state index contributed by atoms with van der Waals surface area (Å²) < 4.78 is 6.30. The van der Waals surface area contributed by atoms with Gasteiger partial charge in [-0.05, 0) is 39.1 Å². The first kappa shape index (κ1) is 16.3. The Hall–Kier alpha value is -0.710. The van der Waals surface area contributed by atoms with E-state index in [0.29, 0.717) is 6.42 Å². The van der Waals surface area contributed by atoms with Crippen molar-refractivity contribution in [1.29, 1.82) is 0 Å². The lowest BCUT2D eigenvalue weighted by Crippen LogP contribution is -2.24. The van der Waals surface area contributed by atoms with Crippen LogP contribution in [0.25, 0.3) is 0 Å². The minimum atomic E-state index is 0.214. The number of carbonyl (C=O) groups is 1. The van der Waals surface area contributed by atoms with Crippen LogP contribution in [0.4, 0.5) is 0 Å². The molecule has 0 atom stereocenters. The fourth-order valence-corrected chi connectivity index (χ4v) is 2.03. The molecule has 19 heavy (non-hydrogen) atoms. The molecule has 1 aromatic rings. The van der Waals surface area contributed by atoms with Crippen LogP contribution in [0.1, 0.15) is 30.1 Å². The summed E-state index contributed by atoms with van der Waals surface area (Å²) in [7, 11) is 2.06. The molecular weight excluding hydrogens is 306 g/mol. The molecule has 0 aliphatic heterocycles. The maximum atomic E-state index is 11.9. The molecule has 3 nitrogen and oxygen atoms in total. The molecule has 0 spiro atoms. The Labute approximate surface area is 124 Å². The van der Waals surface area contributed by atoms with Crippen molar-refractivity contribution >= 4 is 21.7 Å². The van der Waals surface area contributed by atoms with Crippen LogP contribution >= 0.6 is 15.9 Å². The molecule has 0 saturated carbocycles. The van der Waals surface area contributed by atoms with Gasteiger partial charge in [0.25, 0.3) is 0 Å². The van der Waals surface area contributed by atoms with E-state index >= 15 is 0 Å². The van der Waals surface area contributed by atoms with Crippen molar-refractivity contribution in [2.75, 3.05) is 33.4 Å². The Balaban J connectivity index is 2.21. The maximum Gasteiger partial charge on any atom is 0.162 e. The minimum absolute atomic E-state index is 0.214. The lowest BCUT2D eigenvalue weighted by Gasteiger charge is -2.15. The van der Waals surface area contributed by atoms with Crippen molar-refractivity contribution in [3.8, 4) is 0 Å². The van der Waals surface area contributed by atoms with Gasteiger partial charge in [-0.3, -0.25) is 4.79 Å². The van der Waals surface area contributed by atoms with Crippen LogP contribution in [0, 0.1) is 0 Å². The van der Waals surface area contributed by atoms with Crippen LogP contribution < -0.4 is 0 Å². The summed E-state index contributed by atoms with van der Waals surface area (Å²) in [5.41, 5.74) is 0.792. The van der Waals surface area contributed by atoms with E-state index in [-0.39, 0.29) is 5.78 Å². The Bertz CT molecular complexity index is 378. The van der Waals surface area contributed by atoms with E-state index in [4.69, 9.17) is 4.74 Å². The van der Waals surface area contributed by atoms with Crippen LogP contribution in [-0.4, -0.2) is 44.0 Å². The average molecular weight is 328 g/mol. The van der Waals surface area contributed by atoms with Gasteiger partial charge in [-0.1, -0.05) is 28.1 Å². The van der Waals surface area contributed by atoms with Crippen molar-refractivity contribution in [1.82, 2.24) is 4.90 Å². The molecule has 4 heteroatoms. The predicted octanol–water partition coefficient (Wildman–Crippen LogP) is 3.38. The first-order valence-electron chi connectivity index (χ1n) is 6.68. The van der Waals surface area contributed by atoms with E-state index in [1.807, 2.05) is 31.2 Å². The Morgan fingerprint density at radius 1 is 1.26 bits per heavy atom. The zero-order chi connectivity index (χ0) is 14.1. The number of likely N-dealkylation sites (N-methyl/N-ethyl adjacent to an activating group) is 1. The first-order valence-corrected chi connectivity index (χ1v) is 7.48. The summed E-state index contributed by atoms with van der Waals surface area (Å²) in [4.78, 5) is 14.1. The van der Waals surface area contributed by atoms with E-state index in [0.717, 1.165) is 42.8 Å². The predicted molar refractivity (Wildman–Crippen MR) is 81.7 cm³/mol. The van der Waals surface area contributed by atoms with Gasteiger partial charge in [0.15, 0.2) is 5.78 Å². The normalized spacial score (nSPS) is 10.9. The van der Waals surface area contributed by atoms with Gasteiger partial charge in [-0.25, -0.2) is 0 Å². The molecule has 0 fully saturated rings. The molecule has 0 amide bonds. The smallest absolute Gasteiger partial charge is 0.162 e. The second kappa shape index (κ2) is 9.23. The summed E-state index contributed by atoms with van der Waals surface area (Å²) in [6, 6.07) is 7.54. The van der Waals surface area contributed by atoms with Gasteiger partial charge < -0.3 is 9.64 Å². The lowest BCUT2D eigenvalue weighted by atomic mass is 10.1. The third kappa shape index (κ3) is 6.85. The van der Waals surface area contributed by atoms with Crippen molar-refractivity contribution in [2.45, 2.75) is 19.8 Å². The third-order valence-corrected chi connectivity index (χ3v) is 3.46. The molecule has 0 saturated heterocycles. The van der Waals surface area contributed by atoms with E-state index in [1.54, 1.807) is 0 Å². The van der Waals surface area contributed by atoms with Gasteiger partial charge in [0.1, 0.15) is 0 Å². The third-order valence-electron chi connectivity index (χ3n) is 2.93. The molecule has 0 aliphatic rings. The van der Waals surface area contributed by atoms with Gasteiger partial charge in [0.05, 0.1) is 6.61 Å². The second-order valence-corrected chi connectivity index (χ2v) is 5.45. The monoisotopic (exact) mass is 327 g/mol. The van der Waals surface area contributed by atoms with Gasteiger partial charge in [-0.2, -0.15) is 0 Å². The molecule has 0 aliphatic carbocycles. The van der Waals surface area contributed by atoms with Gasteiger partial charge in [0.2, 0.25) is 0 Å². The largest absolute Gasteiger partial charge is 0.380 e. The average Bonchev–Trinajstić information content (AvgIpc) is 2.39. The van der Waals surface area contributed by atoms with Crippen LogP contribution in [0.3, 0.4) is 0 Å². The molecule has 1 rings (SSSR count). The Morgan fingerprint density at radius 2 is 1.95 bits per heavy atom. The number of nitrogens with zero attached hydrogens (tertiary/aromatic N) is 1. The molecule has 0 unspecified atom stereocenters. The summed E-state index contributed by atoms with van der Waals surface area (Å²) in [5, 5.41) is 0. The van der Waals surface area contributed by atoms with Gasteiger partial charge >= 0.3 is 0 Å². The standard InChI is InChI=1S/C15H22BrNO2/c1-3-19-12-11-17(2)10-4-5-15(18)13-6-8-14(16)9-7-13/h6-9H,3-5,10-12H2,1-2H3. The number of ether oxygens (including phenoxy) is 1. The highest BCUT2D eigenvalue weighted by Crippen LogP contribution is 2.12. The summed E-state index contributed by atoms with van der Waals surface area (Å²) in [5.74, 6) is 0.214. The number of rotatable bonds is 9. The summed E-state index contributed by atoms with van der Waals surface area (Å²) >= 11 is 3.37. The van der Waals surface area contributed by atoms with Gasteiger partial charge in [0, 0.05) is 29.6 Å². The van der Waals surface area contributed by atoms with Crippen molar-refractivity contribution in [2.24, 2.45) is 0 Å². The topological polar surface area (TPSA) is 29.5 Å². The number of halogens is 1. The molecule has 0 aromatic heterocycles. The fraction of sp³-hybridized carbons (Fsp3) is 0.533. The summed E-state index contributed by atoms with van der Waals surface area (Å²) in [6.45, 7) is 5.36. The number of benzene rings is 1.